The van der Waals surface area contributed by atoms with Crippen molar-refractivity contribution in [2.45, 2.75) is 38.5 Å². The van der Waals surface area contributed by atoms with E-state index in [0.717, 1.165) is 30.8 Å². The molecule has 0 spiro atoms. The van der Waals surface area contributed by atoms with Gasteiger partial charge in [-0.05, 0) is 32.2 Å². The van der Waals surface area contributed by atoms with E-state index in [1.54, 1.807) is 0 Å². The highest BCUT2D eigenvalue weighted by atomic mass is 15.0. The van der Waals surface area contributed by atoms with Crippen LogP contribution in [0.25, 0.3) is 0 Å². The van der Waals surface area contributed by atoms with Crippen LogP contribution in [-0.2, 0) is 19.3 Å². The lowest BCUT2D eigenvalue weighted by Crippen LogP contribution is -2.12. The van der Waals surface area contributed by atoms with Gasteiger partial charge in [0.05, 0.1) is 0 Å². The van der Waals surface area contributed by atoms with Gasteiger partial charge in [-0.15, -0.1) is 0 Å². The standard InChI is InChI=1S/C11H18N4/c12-7-6-10-14-9-5-3-1-2-4-8(9)11(13)15-10/h1-7,12H2,(H2,13,14,15). The molecule has 0 fully saturated rings. The molecule has 0 saturated carbocycles. The Hall–Kier alpha value is -1.16. The van der Waals surface area contributed by atoms with E-state index in [2.05, 4.69) is 9.97 Å². The Morgan fingerprint density at radius 3 is 2.67 bits per heavy atom. The summed E-state index contributed by atoms with van der Waals surface area (Å²) in [7, 11) is 0. The molecule has 4 N–H and O–H groups in total. The lowest BCUT2D eigenvalue weighted by Gasteiger charge is -2.09. The van der Waals surface area contributed by atoms with Crippen LogP contribution in [0.3, 0.4) is 0 Å². The topological polar surface area (TPSA) is 77.8 Å². The van der Waals surface area contributed by atoms with Gasteiger partial charge in [0.15, 0.2) is 0 Å². The van der Waals surface area contributed by atoms with E-state index < -0.39 is 0 Å². The van der Waals surface area contributed by atoms with Crippen molar-refractivity contribution >= 4 is 5.82 Å². The van der Waals surface area contributed by atoms with Crippen LogP contribution < -0.4 is 11.5 Å². The summed E-state index contributed by atoms with van der Waals surface area (Å²) in [4.78, 5) is 8.86. The van der Waals surface area contributed by atoms with Crippen molar-refractivity contribution in [1.29, 1.82) is 0 Å². The molecule has 1 aromatic rings. The first-order chi connectivity index (χ1) is 7.31. The largest absolute Gasteiger partial charge is 0.383 e. The predicted molar refractivity (Wildman–Crippen MR) is 60.5 cm³/mol. The normalized spacial score (nSPS) is 15.8. The van der Waals surface area contributed by atoms with Gasteiger partial charge in [0.1, 0.15) is 11.6 Å². The highest BCUT2D eigenvalue weighted by Gasteiger charge is 2.14. The van der Waals surface area contributed by atoms with Gasteiger partial charge >= 0.3 is 0 Å². The lowest BCUT2D eigenvalue weighted by atomic mass is 10.1. The first-order valence-corrected chi connectivity index (χ1v) is 5.65. The SMILES string of the molecule is NCCc1nc(N)c2c(n1)CCCCC2. The molecule has 0 amide bonds. The van der Waals surface area contributed by atoms with E-state index in [0.29, 0.717) is 12.4 Å². The average molecular weight is 206 g/mol. The van der Waals surface area contributed by atoms with E-state index in [9.17, 15) is 0 Å². The maximum atomic E-state index is 5.95. The first kappa shape index (κ1) is 10.4. The second-order valence-electron chi connectivity index (χ2n) is 4.05. The smallest absolute Gasteiger partial charge is 0.132 e. The molecule has 15 heavy (non-hydrogen) atoms. The fraction of sp³-hybridized carbons (Fsp3) is 0.636. The van der Waals surface area contributed by atoms with Crippen molar-refractivity contribution in [2.24, 2.45) is 5.73 Å². The number of rotatable bonds is 2. The third-order valence-corrected chi connectivity index (χ3v) is 2.88. The van der Waals surface area contributed by atoms with Crippen LogP contribution in [0.2, 0.25) is 0 Å². The summed E-state index contributed by atoms with van der Waals surface area (Å²) in [5.41, 5.74) is 13.8. The molecule has 0 bridgehead atoms. The number of nitrogens with zero attached hydrogens (tertiary/aromatic N) is 2. The fourth-order valence-corrected chi connectivity index (χ4v) is 2.09. The third-order valence-electron chi connectivity index (χ3n) is 2.88. The molecule has 1 aromatic heterocycles. The maximum Gasteiger partial charge on any atom is 0.132 e. The van der Waals surface area contributed by atoms with Gasteiger partial charge < -0.3 is 11.5 Å². The van der Waals surface area contributed by atoms with Crippen molar-refractivity contribution in [3.05, 3.63) is 17.1 Å². The summed E-state index contributed by atoms with van der Waals surface area (Å²) < 4.78 is 0. The van der Waals surface area contributed by atoms with E-state index in [1.807, 2.05) is 0 Å². The number of anilines is 1. The zero-order valence-corrected chi connectivity index (χ0v) is 9.00. The van der Waals surface area contributed by atoms with Crippen LogP contribution in [-0.4, -0.2) is 16.5 Å². The van der Waals surface area contributed by atoms with Gasteiger partial charge in [-0.2, -0.15) is 0 Å². The number of nitrogen functional groups attached to an aromatic ring is 1. The van der Waals surface area contributed by atoms with Crippen molar-refractivity contribution in [2.75, 3.05) is 12.3 Å². The van der Waals surface area contributed by atoms with Crippen LogP contribution in [0.4, 0.5) is 5.82 Å². The Bertz CT molecular complexity index is 349. The third kappa shape index (κ3) is 2.26. The fourth-order valence-electron chi connectivity index (χ4n) is 2.09. The summed E-state index contributed by atoms with van der Waals surface area (Å²) in [6.07, 6.45) is 6.48. The zero-order valence-electron chi connectivity index (χ0n) is 9.00. The summed E-state index contributed by atoms with van der Waals surface area (Å²) in [6.45, 7) is 0.582. The highest BCUT2D eigenvalue weighted by molar-refractivity contribution is 5.43. The van der Waals surface area contributed by atoms with E-state index in [1.165, 1.54) is 24.8 Å². The Kier molecular flexibility index (Phi) is 3.16. The first-order valence-electron chi connectivity index (χ1n) is 5.65. The second kappa shape index (κ2) is 4.57. The molecule has 4 nitrogen and oxygen atoms in total. The molecule has 2 rings (SSSR count). The van der Waals surface area contributed by atoms with Gasteiger partial charge in [-0.1, -0.05) is 6.42 Å². The quantitative estimate of drug-likeness (QED) is 0.702. The number of aryl methyl sites for hydroxylation is 1. The second-order valence-corrected chi connectivity index (χ2v) is 4.05. The molecule has 4 heteroatoms. The highest BCUT2D eigenvalue weighted by Crippen LogP contribution is 2.22. The molecule has 1 aliphatic rings. The van der Waals surface area contributed by atoms with E-state index in [4.69, 9.17) is 11.5 Å². The molecule has 1 aliphatic carbocycles. The minimum absolute atomic E-state index is 0.582. The van der Waals surface area contributed by atoms with Crippen molar-refractivity contribution in [1.82, 2.24) is 9.97 Å². The van der Waals surface area contributed by atoms with Crippen molar-refractivity contribution < 1.29 is 0 Å². The van der Waals surface area contributed by atoms with Gasteiger partial charge in [0.2, 0.25) is 0 Å². The summed E-state index contributed by atoms with van der Waals surface area (Å²) >= 11 is 0. The monoisotopic (exact) mass is 206 g/mol. The molecular formula is C11H18N4. The van der Waals surface area contributed by atoms with Crippen LogP contribution in [0.15, 0.2) is 0 Å². The molecule has 0 aromatic carbocycles. The van der Waals surface area contributed by atoms with Crippen LogP contribution >= 0.6 is 0 Å². The van der Waals surface area contributed by atoms with Gasteiger partial charge in [0.25, 0.3) is 0 Å². The lowest BCUT2D eigenvalue weighted by molar-refractivity contribution is 0.708. The zero-order chi connectivity index (χ0) is 10.7. The molecule has 0 atom stereocenters. The molecule has 0 radical (unpaired) electrons. The molecule has 0 unspecified atom stereocenters. The van der Waals surface area contributed by atoms with Crippen molar-refractivity contribution in [3.8, 4) is 0 Å². The molecule has 1 heterocycles. The molecule has 0 aliphatic heterocycles. The number of nitrogens with two attached hydrogens (primary N) is 2. The number of aromatic nitrogens is 2. The molecular weight excluding hydrogens is 188 g/mol. The van der Waals surface area contributed by atoms with Crippen LogP contribution in [0.5, 0.6) is 0 Å². The van der Waals surface area contributed by atoms with Crippen LogP contribution in [0.1, 0.15) is 36.3 Å². The minimum Gasteiger partial charge on any atom is -0.383 e. The maximum absolute atomic E-state index is 5.95. The summed E-state index contributed by atoms with van der Waals surface area (Å²) in [5, 5.41) is 0. The average Bonchev–Trinajstić information content (AvgIpc) is 2.43. The summed E-state index contributed by atoms with van der Waals surface area (Å²) in [5.74, 6) is 1.47. The molecule has 82 valence electrons. The Labute approximate surface area is 90.1 Å². The van der Waals surface area contributed by atoms with Gasteiger partial charge in [0, 0.05) is 17.7 Å². The van der Waals surface area contributed by atoms with Gasteiger partial charge in [-0.25, -0.2) is 9.97 Å². The summed E-state index contributed by atoms with van der Waals surface area (Å²) in [6, 6.07) is 0. The van der Waals surface area contributed by atoms with E-state index >= 15 is 0 Å². The number of hydrogen-bond donors (Lipinski definition) is 2. The Balaban J connectivity index is 2.35. The number of fused-ring (bicyclic) bond motifs is 1. The van der Waals surface area contributed by atoms with Crippen molar-refractivity contribution in [3.63, 3.8) is 0 Å². The van der Waals surface area contributed by atoms with E-state index in [-0.39, 0.29) is 0 Å². The number of hydrogen-bond acceptors (Lipinski definition) is 4. The van der Waals surface area contributed by atoms with Gasteiger partial charge in [-0.3, -0.25) is 0 Å². The Morgan fingerprint density at radius 2 is 1.87 bits per heavy atom. The Morgan fingerprint density at radius 1 is 1.07 bits per heavy atom. The predicted octanol–water partition coefficient (Wildman–Crippen LogP) is 0.829. The minimum atomic E-state index is 0.582. The van der Waals surface area contributed by atoms with Crippen LogP contribution in [0, 0.1) is 0 Å². The molecule has 0 saturated heterocycles.